The molecular weight excluding hydrogens is 246 g/mol. The first-order valence-electron chi connectivity index (χ1n) is 5.70. The molecule has 0 aromatic heterocycles. The molecule has 2 aromatic carbocycles. The Hall–Kier alpha value is -1.80. The van der Waals surface area contributed by atoms with E-state index in [1.807, 2.05) is 49.4 Å². The first-order chi connectivity index (χ1) is 8.74. The molecule has 0 fully saturated rings. The van der Waals surface area contributed by atoms with Crippen LogP contribution >= 0.6 is 11.6 Å². The fourth-order valence-corrected chi connectivity index (χ4v) is 1.67. The smallest absolute Gasteiger partial charge is 0.142 e. The second-order valence-corrected chi connectivity index (χ2v) is 4.48. The molecule has 0 amide bonds. The van der Waals surface area contributed by atoms with Crippen LogP contribution in [0.25, 0.3) is 0 Å². The highest BCUT2D eigenvalue weighted by Crippen LogP contribution is 2.10. The third-order valence-electron chi connectivity index (χ3n) is 2.46. The topological polar surface area (TPSA) is 21.6 Å². The molecule has 18 heavy (non-hydrogen) atoms. The first kappa shape index (κ1) is 12.7. The SMILES string of the molecule is Cc1cccc(C=NOCc2ccc(Cl)cc2)c1. The Morgan fingerprint density at radius 1 is 1.17 bits per heavy atom. The van der Waals surface area contributed by atoms with Crippen LogP contribution in [0.1, 0.15) is 16.7 Å². The lowest BCUT2D eigenvalue weighted by Crippen LogP contribution is -1.88. The lowest BCUT2D eigenvalue weighted by atomic mass is 10.2. The Morgan fingerprint density at radius 3 is 2.67 bits per heavy atom. The van der Waals surface area contributed by atoms with E-state index >= 15 is 0 Å². The van der Waals surface area contributed by atoms with Gasteiger partial charge in [-0.3, -0.25) is 0 Å². The monoisotopic (exact) mass is 259 g/mol. The van der Waals surface area contributed by atoms with Gasteiger partial charge in [0.2, 0.25) is 0 Å². The van der Waals surface area contributed by atoms with Gasteiger partial charge in [-0.1, -0.05) is 58.7 Å². The van der Waals surface area contributed by atoms with Gasteiger partial charge in [-0.2, -0.15) is 0 Å². The van der Waals surface area contributed by atoms with Crippen LogP contribution in [-0.2, 0) is 11.4 Å². The maximum Gasteiger partial charge on any atom is 0.142 e. The van der Waals surface area contributed by atoms with E-state index in [0.717, 1.165) is 16.1 Å². The third-order valence-corrected chi connectivity index (χ3v) is 2.71. The van der Waals surface area contributed by atoms with Crippen LogP contribution in [0.15, 0.2) is 53.7 Å². The van der Waals surface area contributed by atoms with Crippen molar-refractivity contribution in [3.8, 4) is 0 Å². The third kappa shape index (κ3) is 3.90. The zero-order valence-corrected chi connectivity index (χ0v) is 10.9. The molecule has 0 aliphatic rings. The minimum atomic E-state index is 0.444. The Morgan fingerprint density at radius 2 is 1.94 bits per heavy atom. The van der Waals surface area contributed by atoms with Gasteiger partial charge in [0, 0.05) is 5.02 Å². The average molecular weight is 260 g/mol. The van der Waals surface area contributed by atoms with Gasteiger partial charge < -0.3 is 4.84 Å². The molecule has 92 valence electrons. The van der Waals surface area contributed by atoms with Gasteiger partial charge in [-0.05, 0) is 30.2 Å². The minimum absolute atomic E-state index is 0.444. The normalized spacial score (nSPS) is 10.8. The molecular formula is C15H14ClNO. The van der Waals surface area contributed by atoms with Gasteiger partial charge in [0.25, 0.3) is 0 Å². The van der Waals surface area contributed by atoms with E-state index in [4.69, 9.17) is 16.4 Å². The molecule has 0 aliphatic carbocycles. The van der Waals surface area contributed by atoms with E-state index < -0.39 is 0 Å². The lowest BCUT2D eigenvalue weighted by molar-refractivity contribution is 0.132. The lowest BCUT2D eigenvalue weighted by Gasteiger charge is -2.00. The van der Waals surface area contributed by atoms with Crippen molar-refractivity contribution in [2.75, 3.05) is 0 Å². The summed E-state index contributed by atoms with van der Waals surface area (Å²) in [5.41, 5.74) is 3.28. The molecule has 3 heteroatoms. The summed E-state index contributed by atoms with van der Waals surface area (Å²) in [5, 5.41) is 4.67. The molecule has 0 saturated carbocycles. The summed E-state index contributed by atoms with van der Waals surface area (Å²) >= 11 is 5.80. The molecule has 0 aliphatic heterocycles. The summed E-state index contributed by atoms with van der Waals surface area (Å²) in [7, 11) is 0. The summed E-state index contributed by atoms with van der Waals surface area (Å²) in [6, 6.07) is 15.6. The molecule has 0 spiro atoms. The predicted octanol–water partition coefficient (Wildman–Crippen LogP) is 4.20. The van der Waals surface area contributed by atoms with E-state index in [1.54, 1.807) is 6.21 Å². The molecule has 0 atom stereocenters. The van der Waals surface area contributed by atoms with Gasteiger partial charge in [-0.25, -0.2) is 0 Å². The largest absolute Gasteiger partial charge is 0.391 e. The van der Waals surface area contributed by atoms with Gasteiger partial charge in [0.05, 0.1) is 6.21 Å². The second kappa shape index (κ2) is 6.22. The number of aryl methyl sites for hydroxylation is 1. The predicted molar refractivity (Wildman–Crippen MR) is 75.0 cm³/mol. The molecule has 2 aromatic rings. The molecule has 0 unspecified atom stereocenters. The van der Waals surface area contributed by atoms with E-state index in [-0.39, 0.29) is 0 Å². The van der Waals surface area contributed by atoms with Crippen molar-refractivity contribution in [3.05, 3.63) is 70.2 Å². The van der Waals surface area contributed by atoms with E-state index in [1.165, 1.54) is 5.56 Å². The average Bonchev–Trinajstić information content (AvgIpc) is 2.37. The first-order valence-corrected chi connectivity index (χ1v) is 6.08. The van der Waals surface area contributed by atoms with Crippen LogP contribution in [0.2, 0.25) is 5.02 Å². The fraction of sp³-hybridized carbons (Fsp3) is 0.133. The van der Waals surface area contributed by atoms with Crippen molar-refractivity contribution < 1.29 is 4.84 Å². The Kier molecular flexibility index (Phi) is 4.37. The van der Waals surface area contributed by atoms with Crippen molar-refractivity contribution in [1.29, 1.82) is 0 Å². The number of halogens is 1. The van der Waals surface area contributed by atoms with Gasteiger partial charge in [0.15, 0.2) is 0 Å². The van der Waals surface area contributed by atoms with Crippen LogP contribution in [0.3, 0.4) is 0 Å². The molecule has 0 N–H and O–H groups in total. The van der Waals surface area contributed by atoms with Gasteiger partial charge >= 0.3 is 0 Å². The highest BCUT2D eigenvalue weighted by molar-refractivity contribution is 6.30. The molecule has 0 heterocycles. The number of oxime groups is 1. The Bertz CT molecular complexity index is 534. The van der Waals surface area contributed by atoms with Gasteiger partial charge in [-0.15, -0.1) is 0 Å². The van der Waals surface area contributed by atoms with E-state index in [9.17, 15) is 0 Å². The number of hydrogen-bond acceptors (Lipinski definition) is 2. The van der Waals surface area contributed by atoms with Crippen molar-refractivity contribution in [1.82, 2.24) is 0 Å². The highest BCUT2D eigenvalue weighted by Gasteiger charge is 1.93. The summed E-state index contributed by atoms with van der Waals surface area (Å²) in [6.45, 7) is 2.49. The van der Waals surface area contributed by atoms with Crippen LogP contribution in [0.4, 0.5) is 0 Å². The molecule has 0 saturated heterocycles. The highest BCUT2D eigenvalue weighted by atomic mass is 35.5. The van der Waals surface area contributed by atoms with Gasteiger partial charge in [0.1, 0.15) is 6.61 Å². The zero-order chi connectivity index (χ0) is 12.8. The Balaban J connectivity index is 1.87. The zero-order valence-electron chi connectivity index (χ0n) is 10.1. The Labute approximate surface area is 112 Å². The standard InChI is InChI=1S/C15H14ClNO/c1-12-3-2-4-14(9-12)10-17-18-11-13-5-7-15(16)8-6-13/h2-10H,11H2,1H3. The van der Waals surface area contributed by atoms with Crippen LogP contribution < -0.4 is 0 Å². The van der Waals surface area contributed by atoms with E-state index in [0.29, 0.717) is 6.61 Å². The fourth-order valence-electron chi connectivity index (χ4n) is 1.54. The van der Waals surface area contributed by atoms with Crippen molar-refractivity contribution >= 4 is 17.8 Å². The minimum Gasteiger partial charge on any atom is -0.391 e. The van der Waals surface area contributed by atoms with Crippen molar-refractivity contribution in [2.24, 2.45) is 5.16 Å². The molecule has 0 radical (unpaired) electrons. The summed E-state index contributed by atoms with van der Waals surface area (Å²) in [4.78, 5) is 5.23. The number of hydrogen-bond donors (Lipinski definition) is 0. The van der Waals surface area contributed by atoms with Crippen molar-refractivity contribution in [3.63, 3.8) is 0 Å². The number of rotatable bonds is 4. The van der Waals surface area contributed by atoms with Crippen molar-refractivity contribution in [2.45, 2.75) is 13.5 Å². The quantitative estimate of drug-likeness (QED) is 0.596. The summed E-state index contributed by atoms with van der Waals surface area (Å²) in [6.07, 6.45) is 1.71. The van der Waals surface area contributed by atoms with Crippen LogP contribution in [0, 0.1) is 6.92 Å². The van der Waals surface area contributed by atoms with E-state index in [2.05, 4.69) is 11.2 Å². The van der Waals surface area contributed by atoms with Crippen LogP contribution in [-0.4, -0.2) is 6.21 Å². The van der Waals surface area contributed by atoms with Crippen LogP contribution in [0.5, 0.6) is 0 Å². The maximum atomic E-state index is 5.80. The summed E-state index contributed by atoms with van der Waals surface area (Å²) in [5.74, 6) is 0. The number of benzene rings is 2. The second-order valence-electron chi connectivity index (χ2n) is 4.05. The maximum absolute atomic E-state index is 5.80. The number of nitrogens with zero attached hydrogens (tertiary/aromatic N) is 1. The molecule has 2 nitrogen and oxygen atoms in total. The molecule has 2 rings (SSSR count). The molecule has 0 bridgehead atoms. The summed E-state index contributed by atoms with van der Waals surface area (Å²) < 4.78 is 0.